The Bertz CT molecular complexity index is 343. The molecule has 0 aromatic carbocycles. The van der Waals surface area contributed by atoms with Gasteiger partial charge in [-0.05, 0) is 13.3 Å². The lowest BCUT2D eigenvalue weighted by atomic mass is 10.0. The number of rotatable bonds is 17. The summed E-state index contributed by atoms with van der Waals surface area (Å²) < 4.78 is 0.953. The summed E-state index contributed by atoms with van der Waals surface area (Å²) in [6.07, 6.45) is 19.4. The van der Waals surface area contributed by atoms with Crippen molar-refractivity contribution in [3.8, 4) is 0 Å². The third-order valence-corrected chi connectivity index (χ3v) is 6.01. The Morgan fingerprint density at radius 2 is 1.32 bits per heavy atom. The number of aliphatic imine (C=N–C) groups is 1. The number of likely N-dealkylation sites (N-methyl/N-ethyl adjacent to an activating group) is 1. The van der Waals surface area contributed by atoms with Crippen molar-refractivity contribution in [2.75, 3.05) is 32.8 Å². The van der Waals surface area contributed by atoms with Crippen LogP contribution in [-0.4, -0.2) is 48.2 Å². The average molecular weight is 354 g/mol. The minimum Gasteiger partial charge on any atom is -0.390 e. The molecule has 1 heterocycles. The zero-order valence-electron chi connectivity index (χ0n) is 17.3. The molecule has 0 radical (unpaired) electrons. The van der Waals surface area contributed by atoms with Crippen molar-refractivity contribution >= 4 is 5.84 Å². The summed E-state index contributed by atoms with van der Waals surface area (Å²) in [6.45, 7) is 8.81. The van der Waals surface area contributed by atoms with Crippen LogP contribution in [-0.2, 0) is 0 Å². The standard InChI is InChI=1S/C22H45N2O/c1-3-5-6-7-8-9-10-11-12-13-14-15-16-17-22-23-18-19-24(22,4-2)20-21-25/h25H,3-21H2,1-2H3/q+1. The molecule has 1 aliphatic heterocycles. The zero-order chi connectivity index (χ0) is 18.2. The van der Waals surface area contributed by atoms with Crippen molar-refractivity contribution in [3.63, 3.8) is 0 Å². The predicted octanol–water partition coefficient (Wildman–Crippen LogP) is 5.71. The van der Waals surface area contributed by atoms with Crippen LogP contribution in [0.1, 0.15) is 104 Å². The van der Waals surface area contributed by atoms with Gasteiger partial charge in [0.05, 0.1) is 19.7 Å². The molecule has 25 heavy (non-hydrogen) atoms. The number of aliphatic hydroxyl groups excluding tert-OH is 1. The molecule has 1 rings (SSSR count). The highest BCUT2D eigenvalue weighted by Crippen LogP contribution is 2.20. The highest BCUT2D eigenvalue weighted by atomic mass is 16.3. The SMILES string of the molecule is CCCCCCCCCCCCCCCC1=NCC[N+]1(CC)CCO. The van der Waals surface area contributed by atoms with Crippen LogP contribution in [0.4, 0.5) is 0 Å². The number of quaternary nitrogens is 1. The van der Waals surface area contributed by atoms with Crippen LogP contribution in [0, 0.1) is 0 Å². The molecular weight excluding hydrogens is 308 g/mol. The van der Waals surface area contributed by atoms with Gasteiger partial charge in [0.2, 0.25) is 0 Å². The summed E-state index contributed by atoms with van der Waals surface area (Å²) in [4.78, 5) is 4.75. The van der Waals surface area contributed by atoms with E-state index in [0.717, 1.165) is 37.1 Å². The molecule has 1 unspecified atom stereocenters. The number of nitrogens with zero attached hydrogens (tertiary/aromatic N) is 2. The second-order valence-electron chi connectivity index (χ2n) is 7.92. The van der Waals surface area contributed by atoms with E-state index in [1.807, 2.05) is 0 Å². The second-order valence-corrected chi connectivity index (χ2v) is 7.92. The van der Waals surface area contributed by atoms with Crippen LogP contribution in [0.3, 0.4) is 0 Å². The molecule has 148 valence electrons. The second kappa shape index (κ2) is 14.7. The van der Waals surface area contributed by atoms with E-state index >= 15 is 0 Å². The number of unbranched alkanes of at least 4 members (excludes halogenated alkanes) is 12. The zero-order valence-corrected chi connectivity index (χ0v) is 17.3. The maximum Gasteiger partial charge on any atom is 0.198 e. The van der Waals surface area contributed by atoms with Crippen molar-refractivity contribution in [3.05, 3.63) is 0 Å². The van der Waals surface area contributed by atoms with Gasteiger partial charge in [0, 0.05) is 6.42 Å². The quantitative estimate of drug-likeness (QED) is 0.264. The average Bonchev–Trinajstić information content (AvgIpc) is 3.02. The van der Waals surface area contributed by atoms with Crippen LogP contribution in [0.15, 0.2) is 4.99 Å². The Morgan fingerprint density at radius 3 is 1.80 bits per heavy atom. The van der Waals surface area contributed by atoms with Gasteiger partial charge in [-0.25, -0.2) is 4.99 Å². The summed E-state index contributed by atoms with van der Waals surface area (Å²) >= 11 is 0. The fraction of sp³-hybridized carbons (Fsp3) is 0.955. The molecule has 3 nitrogen and oxygen atoms in total. The number of aliphatic hydroxyl groups is 1. The van der Waals surface area contributed by atoms with Crippen LogP contribution in [0.2, 0.25) is 0 Å². The Morgan fingerprint density at radius 1 is 0.800 bits per heavy atom. The Labute approximate surface area is 157 Å². The smallest absolute Gasteiger partial charge is 0.198 e. The molecule has 0 fully saturated rings. The molecule has 1 N–H and O–H groups in total. The number of hydrogen-bond donors (Lipinski definition) is 1. The monoisotopic (exact) mass is 353 g/mol. The van der Waals surface area contributed by atoms with Crippen LogP contribution >= 0.6 is 0 Å². The van der Waals surface area contributed by atoms with Crippen LogP contribution in [0.5, 0.6) is 0 Å². The summed E-state index contributed by atoms with van der Waals surface area (Å²) in [6, 6.07) is 0. The minimum absolute atomic E-state index is 0.283. The topological polar surface area (TPSA) is 32.6 Å². The van der Waals surface area contributed by atoms with Gasteiger partial charge in [0.1, 0.15) is 13.1 Å². The van der Waals surface area contributed by atoms with Gasteiger partial charge in [-0.1, -0.05) is 84.0 Å². The highest BCUT2D eigenvalue weighted by molar-refractivity contribution is 5.76. The van der Waals surface area contributed by atoms with E-state index in [0.29, 0.717) is 0 Å². The number of amidine groups is 1. The van der Waals surface area contributed by atoms with E-state index in [9.17, 15) is 5.11 Å². The van der Waals surface area contributed by atoms with Crippen LogP contribution < -0.4 is 0 Å². The van der Waals surface area contributed by atoms with Gasteiger partial charge in [-0.15, -0.1) is 0 Å². The van der Waals surface area contributed by atoms with E-state index in [1.54, 1.807) is 0 Å². The van der Waals surface area contributed by atoms with Gasteiger partial charge in [0.15, 0.2) is 5.84 Å². The fourth-order valence-electron chi connectivity index (χ4n) is 4.20. The third kappa shape index (κ3) is 9.19. The van der Waals surface area contributed by atoms with Crippen molar-refractivity contribution < 1.29 is 9.59 Å². The molecule has 0 aromatic rings. The minimum atomic E-state index is 0.283. The Kier molecular flexibility index (Phi) is 13.3. The molecule has 0 amide bonds. The van der Waals surface area contributed by atoms with Gasteiger partial charge in [-0.3, -0.25) is 4.48 Å². The first-order valence-electron chi connectivity index (χ1n) is 11.3. The first-order chi connectivity index (χ1) is 12.3. The lowest BCUT2D eigenvalue weighted by Gasteiger charge is -2.33. The molecule has 0 aliphatic carbocycles. The van der Waals surface area contributed by atoms with Crippen molar-refractivity contribution in [1.29, 1.82) is 0 Å². The van der Waals surface area contributed by atoms with Gasteiger partial charge in [-0.2, -0.15) is 0 Å². The molecule has 1 atom stereocenters. The lowest BCUT2D eigenvalue weighted by molar-refractivity contribution is -0.835. The Hall–Kier alpha value is -0.410. The van der Waals surface area contributed by atoms with Gasteiger partial charge < -0.3 is 5.11 Å². The molecule has 0 aromatic heterocycles. The van der Waals surface area contributed by atoms with E-state index in [-0.39, 0.29) is 6.61 Å². The molecule has 1 aliphatic rings. The molecule has 0 saturated heterocycles. The normalized spacial score (nSPS) is 20.2. The van der Waals surface area contributed by atoms with E-state index in [4.69, 9.17) is 4.99 Å². The summed E-state index contributed by atoms with van der Waals surface area (Å²) in [5, 5.41) is 9.35. The lowest BCUT2D eigenvalue weighted by Crippen LogP contribution is -2.52. The molecule has 3 heteroatoms. The molecule has 0 spiro atoms. The third-order valence-electron chi connectivity index (χ3n) is 6.01. The fourth-order valence-corrected chi connectivity index (χ4v) is 4.20. The molecule has 0 bridgehead atoms. The highest BCUT2D eigenvalue weighted by Gasteiger charge is 2.35. The Balaban J connectivity index is 1.93. The first-order valence-corrected chi connectivity index (χ1v) is 11.3. The molecule has 0 saturated carbocycles. The summed E-state index contributed by atoms with van der Waals surface area (Å²) in [7, 11) is 0. The summed E-state index contributed by atoms with van der Waals surface area (Å²) in [5.41, 5.74) is 0. The van der Waals surface area contributed by atoms with Crippen molar-refractivity contribution in [2.45, 2.75) is 104 Å². The summed E-state index contributed by atoms with van der Waals surface area (Å²) in [5.74, 6) is 1.36. The first kappa shape index (κ1) is 22.6. The maximum atomic E-state index is 9.35. The van der Waals surface area contributed by atoms with Gasteiger partial charge in [0.25, 0.3) is 0 Å². The van der Waals surface area contributed by atoms with Gasteiger partial charge >= 0.3 is 0 Å². The van der Waals surface area contributed by atoms with E-state index in [1.165, 1.54) is 89.3 Å². The maximum absolute atomic E-state index is 9.35. The number of hydrogen-bond acceptors (Lipinski definition) is 2. The molecular formula is C22H45N2O+. The predicted molar refractivity (Wildman–Crippen MR) is 110 cm³/mol. The van der Waals surface area contributed by atoms with E-state index < -0.39 is 0 Å². The van der Waals surface area contributed by atoms with Crippen LogP contribution in [0.25, 0.3) is 0 Å². The van der Waals surface area contributed by atoms with Crippen molar-refractivity contribution in [2.24, 2.45) is 4.99 Å². The van der Waals surface area contributed by atoms with Crippen molar-refractivity contribution in [1.82, 2.24) is 0 Å². The largest absolute Gasteiger partial charge is 0.390 e. The van der Waals surface area contributed by atoms with E-state index in [2.05, 4.69) is 13.8 Å².